The van der Waals surface area contributed by atoms with Crippen molar-refractivity contribution in [2.24, 2.45) is 0 Å². The van der Waals surface area contributed by atoms with Gasteiger partial charge in [-0.25, -0.2) is 17.5 Å². The molecule has 0 unspecified atom stereocenters. The lowest BCUT2D eigenvalue weighted by Crippen LogP contribution is -2.34. The van der Waals surface area contributed by atoms with Crippen LogP contribution in [-0.2, 0) is 10.0 Å². The number of sulfonamides is 1. The fraction of sp³-hybridized carbons (Fsp3) is 0.364. The van der Waals surface area contributed by atoms with Crippen molar-refractivity contribution in [2.45, 2.75) is 24.4 Å². The van der Waals surface area contributed by atoms with Gasteiger partial charge >= 0.3 is 6.18 Å². The molecule has 1 rings (SSSR count). The molecule has 0 spiro atoms. The molecule has 0 amide bonds. The van der Waals surface area contributed by atoms with E-state index in [0.717, 1.165) is 0 Å². The molecule has 0 aliphatic carbocycles. The molecule has 0 saturated carbocycles. The molecule has 1 aromatic carbocycles. The number of alkyl halides is 3. The van der Waals surface area contributed by atoms with Crippen LogP contribution in [0.3, 0.4) is 0 Å². The lowest BCUT2D eigenvalue weighted by atomic mass is 10.1. The summed E-state index contributed by atoms with van der Waals surface area (Å²) in [6, 6.07) is 1.20. The van der Waals surface area contributed by atoms with Crippen LogP contribution in [0.1, 0.15) is 23.7 Å². The minimum Gasteiger partial charge on any atom is -0.294 e. The molecule has 0 heterocycles. The summed E-state index contributed by atoms with van der Waals surface area (Å²) in [6.07, 6.45) is -4.82. The number of ketones is 1. The number of hydrogen-bond acceptors (Lipinski definition) is 3. The van der Waals surface area contributed by atoms with Crippen molar-refractivity contribution in [1.29, 1.82) is 0 Å². The average Bonchev–Trinajstić information content (AvgIpc) is 2.34. The van der Waals surface area contributed by atoms with E-state index in [9.17, 15) is 30.8 Å². The summed E-state index contributed by atoms with van der Waals surface area (Å²) in [5.74, 6) is -1.91. The summed E-state index contributed by atoms with van der Waals surface area (Å²) in [7, 11) is -4.76. The first-order valence-electron chi connectivity index (χ1n) is 5.56. The SMILES string of the molecule is CCC(=O)c1cc(S(=O)(=O)NCC(F)(F)F)c(F)cc1Cl. The minimum absolute atomic E-state index is 0.0270. The molecule has 0 aliphatic rings. The Hall–Kier alpha value is -1.19. The van der Waals surface area contributed by atoms with Gasteiger partial charge in [-0.3, -0.25) is 4.79 Å². The first kappa shape index (κ1) is 17.9. The van der Waals surface area contributed by atoms with E-state index in [1.165, 1.54) is 11.6 Å². The number of hydrogen-bond donors (Lipinski definition) is 1. The van der Waals surface area contributed by atoms with Crippen LogP contribution in [0.15, 0.2) is 17.0 Å². The Labute approximate surface area is 123 Å². The minimum atomic E-state index is -4.79. The highest BCUT2D eigenvalue weighted by molar-refractivity contribution is 7.89. The van der Waals surface area contributed by atoms with E-state index >= 15 is 0 Å². The lowest BCUT2D eigenvalue weighted by molar-refractivity contribution is -0.121. The Morgan fingerprint density at radius 2 is 1.90 bits per heavy atom. The zero-order chi connectivity index (χ0) is 16.4. The highest BCUT2D eigenvalue weighted by Crippen LogP contribution is 2.25. The molecule has 0 atom stereocenters. The molecule has 0 radical (unpaired) electrons. The topological polar surface area (TPSA) is 63.2 Å². The van der Waals surface area contributed by atoms with Crippen molar-refractivity contribution in [1.82, 2.24) is 4.72 Å². The quantitative estimate of drug-likeness (QED) is 0.658. The number of carbonyl (C=O) groups is 1. The maximum atomic E-state index is 13.6. The van der Waals surface area contributed by atoms with Gasteiger partial charge in [-0.05, 0) is 12.1 Å². The van der Waals surface area contributed by atoms with Gasteiger partial charge in [0, 0.05) is 12.0 Å². The molecule has 4 nitrogen and oxygen atoms in total. The van der Waals surface area contributed by atoms with Gasteiger partial charge < -0.3 is 0 Å². The summed E-state index contributed by atoms with van der Waals surface area (Å²) >= 11 is 5.62. The second kappa shape index (κ2) is 6.29. The zero-order valence-corrected chi connectivity index (χ0v) is 12.2. The number of Topliss-reactive ketones (excluding diaryl/α,β-unsaturated/α-hetero) is 1. The summed E-state index contributed by atoms with van der Waals surface area (Å²) < 4.78 is 74.3. The molecule has 0 aliphatic heterocycles. The zero-order valence-electron chi connectivity index (χ0n) is 10.6. The van der Waals surface area contributed by atoms with E-state index in [1.54, 1.807) is 0 Å². The van der Waals surface area contributed by atoms with Crippen LogP contribution in [0.5, 0.6) is 0 Å². The largest absolute Gasteiger partial charge is 0.402 e. The van der Waals surface area contributed by atoms with Crippen molar-refractivity contribution < 1.29 is 30.8 Å². The third-order valence-corrected chi connectivity index (χ3v) is 4.12. The van der Waals surface area contributed by atoms with Gasteiger partial charge in [0.2, 0.25) is 10.0 Å². The first-order valence-corrected chi connectivity index (χ1v) is 7.42. The average molecular weight is 348 g/mol. The number of benzene rings is 1. The molecule has 1 aromatic rings. The predicted molar refractivity (Wildman–Crippen MR) is 67.3 cm³/mol. The first-order chi connectivity index (χ1) is 9.48. The van der Waals surface area contributed by atoms with Crippen LogP contribution in [-0.4, -0.2) is 26.9 Å². The summed E-state index contributed by atoms with van der Waals surface area (Å²) in [6.45, 7) is -0.382. The maximum Gasteiger partial charge on any atom is 0.402 e. The van der Waals surface area contributed by atoms with E-state index in [2.05, 4.69) is 0 Å². The Kier molecular flexibility index (Phi) is 5.35. The van der Waals surface area contributed by atoms with Gasteiger partial charge in [-0.1, -0.05) is 18.5 Å². The van der Waals surface area contributed by atoms with Crippen molar-refractivity contribution in [3.63, 3.8) is 0 Å². The number of nitrogens with one attached hydrogen (secondary N) is 1. The van der Waals surface area contributed by atoms with Gasteiger partial charge in [0.1, 0.15) is 17.3 Å². The Morgan fingerprint density at radius 1 is 1.33 bits per heavy atom. The van der Waals surface area contributed by atoms with Crippen molar-refractivity contribution in [3.05, 3.63) is 28.5 Å². The normalized spacial score (nSPS) is 12.5. The molecule has 21 heavy (non-hydrogen) atoms. The molecular formula is C11H10ClF4NO3S. The Morgan fingerprint density at radius 3 is 2.38 bits per heavy atom. The van der Waals surface area contributed by atoms with Gasteiger partial charge in [0.25, 0.3) is 0 Å². The summed E-state index contributed by atoms with van der Waals surface area (Å²) in [5, 5.41) is -0.311. The second-order valence-electron chi connectivity index (χ2n) is 3.98. The lowest BCUT2D eigenvalue weighted by Gasteiger charge is -2.11. The molecule has 0 aromatic heterocycles. The van der Waals surface area contributed by atoms with Crippen molar-refractivity contribution in [2.75, 3.05) is 6.54 Å². The van der Waals surface area contributed by atoms with E-state index in [1.807, 2.05) is 0 Å². The fourth-order valence-corrected chi connectivity index (χ4v) is 2.75. The molecular weight excluding hydrogens is 338 g/mol. The fourth-order valence-electron chi connectivity index (χ4n) is 1.39. The van der Waals surface area contributed by atoms with Crippen molar-refractivity contribution in [3.8, 4) is 0 Å². The number of carbonyl (C=O) groups excluding carboxylic acids is 1. The molecule has 0 fully saturated rings. The van der Waals surface area contributed by atoms with E-state index in [-0.39, 0.29) is 17.0 Å². The molecule has 1 N–H and O–H groups in total. The van der Waals surface area contributed by atoms with Gasteiger partial charge in [0.15, 0.2) is 5.78 Å². The van der Waals surface area contributed by atoms with Gasteiger partial charge in [0.05, 0.1) is 5.02 Å². The summed E-state index contributed by atoms with van der Waals surface area (Å²) in [5.41, 5.74) is -0.270. The summed E-state index contributed by atoms with van der Waals surface area (Å²) in [4.78, 5) is 10.5. The smallest absolute Gasteiger partial charge is 0.294 e. The standard InChI is InChI=1S/C11H10ClF4NO3S/c1-2-9(18)6-3-10(8(13)4-7(6)12)21(19,20)17-5-11(14,15)16/h3-4,17H,2,5H2,1H3. The molecule has 0 saturated heterocycles. The van der Waals surface area contributed by atoms with Gasteiger partial charge in [-0.2, -0.15) is 13.2 Å². The maximum absolute atomic E-state index is 13.6. The highest BCUT2D eigenvalue weighted by Gasteiger charge is 2.31. The van der Waals surface area contributed by atoms with E-state index < -0.39 is 39.2 Å². The van der Waals surface area contributed by atoms with Crippen LogP contribution in [0.2, 0.25) is 5.02 Å². The monoisotopic (exact) mass is 347 g/mol. The molecule has 118 valence electrons. The van der Waals surface area contributed by atoms with Gasteiger partial charge in [-0.15, -0.1) is 0 Å². The Balaban J connectivity index is 3.26. The van der Waals surface area contributed by atoms with E-state index in [0.29, 0.717) is 12.1 Å². The van der Waals surface area contributed by atoms with E-state index in [4.69, 9.17) is 11.6 Å². The third-order valence-electron chi connectivity index (χ3n) is 2.40. The van der Waals surface area contributed by atoms with Crippen LogP contribution in [0.4, 0.5) is 17.6 Å². The molecule has 10 heteroatoms. The third kappa shape index (κ3) is 4.65. The second-order valence-corrected chi connectivity index (χ2v) is 6.12. The van der Waals surface area contributed by atoms with Crippen LogP contribution in [0.25, 0.3) is 0 Å². The Bertz CT molecular complexity index is 658. The number of rotatable bonds is 5. The number of halogens is 5. The molecule has 0 bridgehead atoms. The van der Waals surface area contributed by atoms with Crippen LogP contribution in [0, 0.1) is 5.82 Å². The van der Waals surface area contributed by atoms with Crippen molar-refractivity contribution >= 4 is 27.4 Å². The van der Waals surface area contributed by atoms with Crippen LogP contribution >= 0.6 is 11.6 Å². The van der Waals surface area contributed by atoms with Crippen LogP contribution < -0.4 is 4.72 Å². The highest BCUT2D eigenvalue weighted by atomic mass is 35.5. The predicted octanol–water partition coefficient (Wildman–Crippen LogP) is 2.91.